The van der Waals surface area contributed by atoms with Gasteiger partial charge in [0.1, 0.15) is 0 Å². The number of urea groups is 1. The van der Waals surface area contributed by atoms with Crippen LogP contribution in [-0.2, 0) is 14.3 Å². The Kier molecular flexibility index (Phi) is 8.19. The summed E-state index contributed by atoms with van der Waals surface area (Å²) in [6.07, 6.45) is 1.47. The largest absolute Gasteiger partial charge is 0.478 e. The molecule has 108 valence electrons. The van der Waals surface area contributed by atoms with E-state index in [1.165, 1.54) is 12.0 Å². The number of nitrogens with one attached hydrogen (secondary N) is 1. The maximum absolute atomic E-state index is 11.8. The SMILES string of the molecule is COCCN(CC(C)C)C(=O)NC(=O)/C=C/C(=O)O. The Labute approximate surface area is 112 Å². The van der Waals surface area contributed by atoms with Gasteiger partial charge in [0.05, 0.1) is 6.61 Å². The molecule has 0 heterocycles. The number of amides is 3. The number of aliphatic carboxylic acids is 1. The van der Waals surface area contributed by atoms with Gasteiger partial charge in [-0.25, -0.2) is 9.59 Å². The molecule has 0 unspecified atom stereocenters. The summed E-state index contributed by atoms with van der Waals surface area (Å²) in [7, 11) is 1.52. The number of hydrogen-bond acceptors (Lipinski definition) is 4. The van der Waals surface area contributed by atoms with Crippen molar-refractivity contribution in [2.45, 2.75) is 13.8 Å². The molecule has 0 bridgehead atoms. The molecule has 2 N–H and O–H groups in total. The van der Waals surface area contributed by atoms with Crippen LogP contribution in [0.3, 0.4) is 0 Å². The standard InChI is InChI=1S/C12H20N2O5/c1-9(2)8-14(6-7-19-3)12(18)13-10(15)4-5-11(16)17/h4-5,9H,6-8H2,1-3H3,(H,16,17)(H,13,15,18)/b5-4+. The van der Waals surface area contributed by atoms with E-state index in [0.29, 0.717) is 25.8 Å². The zero-order valence-electron chi connectivity index (χ0n) is 11.4. The number of methoxy groups -OCH3 is 1. The van der Waals surface area contributed by atoms with Crippen molar-refractivity contribution in [2.24, 2.45) is 5.92 Å². The third kappa shape index (κ3) is 8.78. The molecular formula is C12H20N2O5. The summed E-state index contributed by atoms with van der Waals surface area (Å²) in [5, 5.41) is 10.5. The first-order valence-corrected chi connectivity index (χ1v) is 5.86. The van der Waals surface area contributed by atoms with Crippen molar-refractivity contribution < 1.29 is 24.2 Å². The fourth-order valence-corrected chi connectivity index (χ4v) is 1.29. The molecule has 0 radical (unpaired) electrons. The lowest BCUT2D eigenvalue weighted by Gasteiger charge is -2.23. The Balaban J connectivity index is 4.45. The molecule has 0 aromatic carbocycles. The molecule has 0 atom stereocenters. The van der Waals surface area contributed by atoms with Crippen LogP contribution in [0, 0.1) is 5.92 Å². The average molecular weight is 272 g/mol. The van der Waals surface area contributed by atoms with Gasteiger partial charge in [-0.2, -0.15) is 0 Å². The van der Waals surface area contributed by atoms with Crippen LogP contribution >= 0.6 is 0 Å². The lowest BCUT2D eigenvalue weighted by atomic mass is 10.2. The van der Waals surface area contributed by atoms with Crippen molar-refractivity contribution in [3.05, 3.63) is 12.2 Å². The van der Waals surface area contributed by atoms with E-state index >= 15 is 0 Å². The second kappa shape index (κ2) is 9.09. The predicted octanol–water partition coefficient (Wildman–Crippen LogP) is 0.468. The summed E-state index contributed by atoms with van der Waals surface area (Å²) in [5.41, 5.74) is 0. The van der Waals surface area contributed by atoms with Crippen LogP contribution in [0.25, 0.3) is 0 Å². The number of carboxylic acid groups (broad SMARTS) is 1. The summed E-state index contributed by atoms with van der Waals surface area (Å²) in [4.78, 5) is 34.8. The molecule has 3 amide bonds. The van der Waals surface area contributed by atoms with Crippen molar-refractivity contribution in [3.63, 3.8) is 0 Å². The molecule has 0 aliphatic carbocycles. The molecule has 0 aromatic heterocycles. The van der Waals surface area contributed by atoms with Gasteiger partial charge >= 0.3 is 12.0 Å². The van der Waals surface area contributed by atoms with E-state index < -0.39 is 17.9 Å². The van der Waals surface area contributed by atoms with E-state index in [0.717, 1.165) is 6.08 Å². The Morgan fingerprint density at radius 3 is 2.42 bits per heavy atom. The highest BCUT2D eigenvalue weighted by atomic mass is 16.5. The minimum Gasteiger partial charge on any atom is -0.478 e. The normalized spacial score (nSPS) is 10.7. The topological polar surface area (TPSA) is 95.9 Å². The first kappa shape index (κ1) is 17.1. The van der Waals surface area contributed by atoms with E-state index in [2.05, 4.69) is 5.32 Å². The van der Waals surface area contributed by atoms with Crippen molar-refractivity contribution in [2.75, 3.05) is 26.8 Å². The molecule has 7 nitrogen and oxygen atoms in total. The third-order valence-electron chi connectivity index (χ3n) is 2.05. The number of imide groups is 1. The van der Waals surface area contributed by atoms with Gasteiger partial charge in [0.2, 0.25) is 0 Å². The van der Waals surface area contributed by atoms with E-state index in [4.69, 9.17) is 9.84 Å². The second-order valence-electron chi connectivity index (χ2n) is 4.30. The van der Waals surface area contributed by atoms with Gasteiger partial charge in [0.25, 0.3) is 5.91 Å². The zero-order chi connectivity index (χ0) is 14.8. The molecule has 0 aliphatic rings. The first-order chi connectivity index (χ1) is 8.86. The van der Waals surface area contributed by atoms with Crippen LogP contribution in [0.1, 0.15) is 13.8 Å². The number of ether oxygens (including phenoxy) is 1. The molecule has 0 rings (SSSR count). The number of rotatable bonds is 7. The van der Waals surface area contributed by atoms with Crippen LogP contribution in [0.5, 0.6) is 0 Å². The Morgan fingerprint density at radius 2 is 1.95 bits per heavy atom. The fraction of sp³-hybridized carbons (Fsp3) is 0.583. The third-order valence-corrected chi connectivity index (χ3v) is 2.05. The molecule has 0 saturated heterocycles. The summed E-state index contributed by atoms with van der Waals surface area (Å²) in [5.74, 6) is -1.77. The fourth-order valence-electron chi connectivity index (χ4n) is 1.29. The van der Waals surface area contributed by atoms with Gasteiger partial charge in [-0.15, -0.1) is 0 Å². The van der Waals surface area contributed by atoms with Crippen molar-refractivity contribution >= 4 is 17.9 Å². The van der Waals surface area contributed by atoms with Gasteiger partial charge in [0.15, 0.2) is 0 Å². The second-order valence-corrected chi connectivity index (χ2v) is 4.30. The highest BCUT2D eigenvalue weighted by Crippen LogP contribution is 1.99. The lowest BCUT2D eigenvalue weighted by Crippen LogP contribution is -2.45. The van der Waals surface area contributed by atoms with Crippen LogP contribution < -0.4 is 5.32 Å². The molecule has 0 fully saturated rings. The minimum absolute atomic E-state index is 0.243. The molecule has 0 aliphatic heterocycles. The zero-order valence-corrected chi connectivity index (χ0v) is 11.4. The Morgan fingerprint density at radius 1 is 1.32 bits per heavy atom. The number of carboxylic acids is 1. The maximum atomic E-state index is 11.8. The quantitative estimate of drug-likeness (QED) is 0.657. The maximum Gasteiger partial charge on any atom is 0.328 e. The van der Waals surface area contributed by atoms with E-state index in [1.807, 2.05) is 13.8 Å². The number of carbonyl (C=O) groups excluding carboxylic acids is 2. The molecule has 0 saturated carbocycles. The first-order valence-electron chi connectivity index (χ1n) is 5.86. The van der Waals surface area contributed by atoms with E-state index in [-0.39, 0.29) is 5.92 Å². The Hall–Kier alpha value is -1.89. The van der Waals surface area contributed by atoms with Crippen LogP contribution in [0.15, 0.2) is 12.2 Å². The number of hydrogen-bond donors (Lipinski definition) is 2. The smallest absolute Gasteiger partial charge is 0.328 e. The van der Waals surface area contributed by atoms with E-state index in [9.17, 15) is 14.4 Å². The number of carbonyl (C=O) groups is 3. The molecular weight excluding hydrogens is 252 g/mol. The summed E-state index contributed by atoms with van der Waals surface area (Å²) < 4.78 is 4.89. The minimum atomic E-state index is -1.25. The number of nitrogens with zero attached hydrogens (tertiary/aromatic N) is 1. The van der Waals surface area contributed by atoms with Gasteiger partial charge in [-0.3, -0.25) is 10.1 Å². The summed E-state index contributed by atoms with van der Waals surface area (Å²) in [6.45, 7) is 5.08. The van der Waals surface area contributed by atoms with Gasteiger partial charge < -0.3 is 14.7 Å². The molecule has 19 heavy (non-hydrogen) atoms. The average Bonchev–Trinajstić information content (AvgIpc) is 2.31. The van der Waals surface area contributed by atoms with Gasteiger partial charge in [-0.05, 0) is 5.92 Å². The van der Waals surface area contributed by atoms with Crippen LogP contribution in [0.2, 0.25) is 0 Å². The Bertz CT molecular complexity index is 352. The highest BCUT2D eigenvalue weighted by molar-refractivity contribution is 6.02. The molecule has 0 aromatic rings. The van der Waals surface area contributed by atoms with E-state index in [1.54, 1.807) is 0 Å². The van der Waals surface area contributed by atoms with Crippen LogP contribution in [-0.4, -0.2) is 54.7 Å². The molecule has 7 heteroatoms. The van der Waals surface area contributed by atoms with Crippen molar-refractivity contribution in [1.29, 1.82) is 0 Å². The van der Waals surface area contributed by atoms with Gasteiger partial charge in [0, 0.05) is 32.4 Å². The highest BCUT2D eigenvalue weighted by Gasteiger charge is 2.16. The molecule has 0 spiro atoms. The monoisotopic (exact) mass is 272 g/mol. The summed E-state index contributed by atoms with van der Waals surface area (Å²) >= 11 is 0. The van der Waals surface area contributed by atoms with Gasteiger partial charge in [-0.1, -0.05) is 13.8 Å². The lowest BCUT2D eigenvalue weighted by molar-refractivity contribution is -0.131. The predicted molar refractivity (Wildman–Crippen MR) is 68.6 cm³/mol. The van der Waals surface area contributed by atoms with Crippen molar-refractivity contribution in [3.8, 4) is 0 Å². The van der Waals surface area contributed by atoms with Crippen molar-refractivity contribution in [1.82, 2.24) is 10.2 Å². The summed E-state index contributed by atoms with van der Waals surface area (Å²) in [6, 6.07) is -0.564. The van der Waals surface area contributed by atoms with Crippen LogP contribution in [0.4, 0.5) is 4.79 Å².